The Bertz CT molecular complexity index is 884. The van der Waals surface area contributed by atoms with Crippen molar-refractivity contribution in [1.82, 2.24) is 15.3 Å². The molecule has 1 saturated heterocycles. The SMILES string of the molecule is O=C(Nc1nc(-c2ccc(F)s2)[nH]c1-c1ccccc1)[C@H]1CCCN1. The van der Waals surface area contributed by atoms with Gasteiger partial charge in [0.15, 0.2) is 16.8 Å². The standard InChI is InChI=1S/C18H17FN4OS/c19-14-9-8-13(25-14)16-21-15(11-5-2-1-3-6-11)17(22-16)23-18(24)12-7-4-10-20-12/h1-3,5-6,8-9,12,20H,4,7,10H2,(H,21,22)(H,23,24)/t12-/m1/s1. The van der Waals surface area contributed by atoms with Crippen LogP contribution in [0.4, 0.5) is 10.2 Å². The van der Waals surface area contributed by atoms with Gasteiger partial charge in [-0.1, -0.05) is 30.3 Å². The average molecular weight is 356 g/mol. The van der Waals surface area contributed by atoms with Gasteiger partial charge < -0.3 is 15.6 Å². The third-order valence-corrected chi connectivity index (χ3v) is 5.07. The van der Waals surface area contributed by atoms with Gasteiger partial charge in [0.2, 0.25) is 5.91 Å². The number of hydrogen-bond donors (Lipinski definition) is 3. The highest BCUT2D eigenvalue weighted by Crippen LogP contribution is 2.32. The summed E-state index contributed by atoms with van der Waals surface area (Å²) in [6, 6.07) is 12.5. The lowest BCUT2D eigenvalue weighted by Crippen LogP contribution is -2.35. The third kappa shape index (κ3) is 3.33. The van der Waals surface area contributed by atoms with Gasteiger partial charge in [-0.15, -0.1) is 11.3 Å². The van der Waals surface area contributed by atoms with Crippen molar-refractivity contribution in [1.29, 1.82) is 0 Å². The van der Waals surface area contributed by atoms with E-state index in [-0.39, 0.29) is 17.1 Å². The average Bonchev–Trinajstić information content (AvgIpc) is 3.36. The monoisotopic (exact) mass is 356 g/mol. The van der Waals surface area contributed by atoms with Crippen LogP contribution in [0.3, 0.4) is 0 Å². The van der Waals surface area contributed by atoms with Crippen LogP contribution in [0.5, 0.6) is 0 Å². The van der Waals surface area contributed by atoms with Crippen LogP contribution in [-0.2, 0) is 4.79 Å². The summed E-state index contributed by atoms with van der Waals surface area (Å²) in [7, 11) is 0. The summed E-state index contributed by atoms with van der Waals surface area (Å²) >= 11 is 1.02. The predicted molar refractivity (Wildman–Crippen MR) is 96.9 cm³/mol. The normalized spacial score (nSPS) is 16.9. The minimum Gasteiger partial charge on any atom is -0.335 e. The zero-order chi connectivity index (χ0) is 17.2. The zero-order valence-electron chi connectivity index (χ0n) is 13.4. The van der Waals surface area contributed by atoms with Gasteiger partial charge >= 0.3 is 0 Å². The summed E-state index contributed by atoms with van der Waals surface area (Å²) in [5.74, 6) is 0.918. The van der Waals surface area contributed by atoms with Crippen LogP contribution in [0.15, 0.2) is 42.5 Å². The number of aromatic nitrogens is 2. The number of imidazole rings is 1. The van der Waals surface area contributed by atoms with E-state index >= 15 is 0 Å². The highest BCUT2D eigenvalue weighted by molar-refractivity contribution is 7.13. The number of rotatable bonds is 4. The Kier molecular flexibility index (Phi) is 4.33. The van der Waals surface area contributed by atoms with E-state index < -0.39 is 0 Å². The van der Waals surface area contributed by atoms with Gasteiger partial charge in [0.25, 0.3) is 0 Å². The Morgan fingerprint density at radius 1 is 1.24 bits per heavy atom. The minimum atomic E-state index is -0.270. The molecule has 1 aliphatic heterocycles. The van der Waals surface area contributed by atoms with E-state index in [2.05, 4.69) is 20.6 Å². The van der Waals surface area contributed by atoms with Gasteiger partial charge in [0, 0.05) is 5.56 Å². The molecule has 3 N–H and O–H groups in total. The fourth-order valence-corrected chi connectivity index (χ4v) is 3.62. The Balaban J connectivity index is 1.70. The second-order valence-electron chi connectivity index (χ2n) is 5.92. The fraction of sp³-hybridized carbons (Fsp3) is 0.222. The molecule has 0 bridgehead atoms. The highest BCUT2D eigenvalue weighted by Gasteiger charge is 2.24. The molecule has 128 valence electrons. The van der Waals surface area contributed by atoms with Gasteiger partial charge in [-0.25, -0.2) is 4.98 Å². The maximum atomic E-state index is 13.4. The van der Waals surface area contributed by atoms with E-state index in [1.165, 1.54) is 6.07 Å². The number of benzene rings is 1. The quantitative estimate of drug-likeness (QED) is 0.668. The van der Waals surface area contributed by atoms with Gasteiger partial charge in [0.1, 0.15) is 0 Å². The van der Waals surface area contributed by atoms with Crippen LogP contribution in [0.25, 0.3) is 22.0 Å². The summed E-state index contributed by atoms with van der Waals surface area (Å²) in [5.41, 5.74) is 1.63. The number of carbonyl (C=O) groups excluding carboxylic acids is 1. The van der Waals surface area contributed by atoms with E-state index in [0.29, 0.717) is 16.5 Å². The number of nitrogens with zero attached hydrogens (tertiary/aromatic N) is 1. The lowest BCUT2D eigenvalue weighted by molar-refractivity contribution is -0.117. The first-order valence-corrected chi connectivity index (χ1v) is 8.98. The van der Waals surface area contributed by atoms with Gasteiger partial charge in [-0.3, -0.25) is 4.79 Å². The summed E-state index contributed by atoms with van der Waals surface area (Å²) in [6.07, 6.45) is 1.81. The van der Waals surface area contributed by atoms with Gasteiger partial charge in [-0.2, -0.15) is 4.39 Å². The van der Waals surface area contributed by atoms with Crippen LogP contribution >= 0.6 is 11.3 Å². The molecule has 1 atom stereocenters. The molecule has 0 aliphatic carbocycles. The topological polar surface area (TPSA) is 69.8 Å². The first-order chi connectivity index (χ1) is 12.2. The molecule has 3 aromatic rings. The van der Waals surface area contributed by atoms with Gasteiger partial charge in [0.05, 0.1) is 16.6 Å². The molecule has 5 nitrogen and oxygen atoms in total. The molecular weight excluding hydrogens is 339 g/mol. The number of anilines is 1. The number of hydrogen-bond acceptors (Lipinski definition) is 4. The molecule has 4 rings (SSSR count). The van der Waals surface area contributed by atoms with Crippen molar-refractivity contribution >= 4 is 23.1 Å². The van der Waals surface area contributed by atoms with Crippen molar-refractivity contribution in [2.75, 3.05) is 11.9 Å². The second kappa shape index (κ2) is 6.78. The lowest BCUT2D eigenvalue weighted by atomic mass is 10.1. The van der Waals surface area contributed by atoms with Crippen molar-refractivity contribution < 1.29 is 9.18 Å². The number of nitrogens with one attached hydrogen (secondary N) is 3. The number of amides is 1. The zero-order valence-corrected chi connectivity index (χ0v) is 14.2. The molecule has 3 heterocycles. The molecule has 1 aromatic carbocycles. The maximum absolute atomic E-state index is 13.4. The van der Waals surface area contributed by atoms with Crippen molar-refractivity contribution in [3.63, 3.8) is 0 Å². The van der Waals surface area contributed by atoms with Crippen molar-refractivity contribution in [2.45, 2.75) is 18.9 Å². The molecule has 1 fully saturated rings. The maximum Gasteiger partial charge on any atom is 0.242 e. The Labute approximate surface area is 148 Å². The molecule has 1 aliphatic rings. The van der Waals surface area contributed by atoms with Crippen LogP contribution in [-0.4, -0.2) is 28.5 Å². The van der Waals surface area contributed by atoms with E-state index in [0.717, 1.165) is 42.0 Å². The first-order valence-electron chi connectivity index (χ1n) is 8.16. The molecule has 0 spiro atoms. The van der Waals surface area contributed by atoms with Crippen LogP contribution in [0, 0.1) is 5.13 Å². The van der Waals surface area contributed by atoms with E-state index in [1.54, 1.807) is 6.07 Å². The second-order valence-corrected chi connectivity index (χ2v) is 6.95. The third-order valence-electron chi connectivity index (χ3n) is 4.19. The van der Waals surface area contributed by atoms with Crippen LogP contribution in [0.1, 0.15) is 12.8 Å². The number of thiophene rings is 1. The number of H-pyrrole nitrogens is 1. The largest absolute Gasteiger partial charge is 0.335 e. The summed E-state index contributed by atoms with van der Waals surface area (Å²) in [4.78, 5) is 20.9. The number of aromatic amines is 1. The minimum absolute atomic E-state index is 0.0925. The smallest absolute Gasteiger partial charge is 0.242 e. The van der Waals surface area contributed by atoms with Crippen molar-refractivity contribution in [3.05, 3.63) is 47.6 Å². The molecule has 0 unspecified atom stereocenters. The summed E-state index contributed by atoms with van der Waals surface area (Å²) in [6.45, 7) is 0.851. The van der Waals surface area contributed by atoms with Crippen molar-refractivity contribution in [2.24, 2.45) is 0 Å². The highest BCUT2D eigenvalue weighted by atomic mass is 32.1. The predicted octanol–water partition coefficient (Wildman–Crippen LogP) is 3.63. The molecule has 2 aromatic heterocycles. The van der Waals surface area contributed by atoms with Crippen LogP contribution < -0.4 is 10.6 Å². The van der Waals surface area contributed by atoms with E-state index in [9.17, 15) is 9.18 Å². The van der Waals surface area contributed by atoms with Gasteiger partial charge in [-0.05, 0) is 31.5 Å². The number of carbonyl (C=O) groups is 1. The molecule has 0 saturated carbocycles. The van der Waals surface area contributed by atoms with E-state index in [4.69, 9.17) is 0 Å². The molecule has 1 amide bonds. The van der Waals surface area contributed by atoms with E-state index in [1.807, 2.05) is 30.3 Å². The van der Waals surface area contributed by atoms with Crippen LogP contribution in [0.2, 0.25) is 0 Å². The molecule has 7 heteroatoms. The molecule has 0 radical (unpaired) electrons. The Morgan fingerprint density at radius 3 is 2.76 bits per heavy atom. The Morgan fingerprint density at radius 2 is 2.08 bits per heavy atom. The molecule has 25 heavy (non-hydrogen) atoms. The molecular formula is C18H17FN4OS. The Hall–Kier alpha value is -2.51. The lowest BCUT2D eigenvalue weighted by Gasteiger charge is -2.10. The number of halogens is 1. The summed E-state index contributed by atoms with van der Waals surface area (Å²) < 4.78 is 13.4. The fourth-order valence-electron chi connectivity index (χ4n) is 2.95. The summed E-state index contributed by atoms with van der Waals surface area (Å²) in [5, 5.41) is 5.83. The van der Waals surface area contributed by atoms with Crippen molar-refractivity contribution in [3.8, 4) is 22.0 Å². The first kappa shape index (κ1) is 16.0.